The summed E-state index contributed by atoms with van der Waals surface area (Å²) in [4.78, 5) is 15.8. The van der Waals surface area contributed by atoms with Crippen molar-refractivity contribution in [2.75, 3.05) is 0 Å². The third-order valence-corrected chi connectivity index (χ3v) is 1.02. The zero-order chi connectivity index (χ0) is 9.30. The number of hydrogen-bond donors (Lipinski definition) is 3. The number of aromatic nitrogens is 2. The van der Waals surface area contributed by atoms with Gasteiger partial charge in [0.15, 0.2) is 5.69 Å². The molecule has 1 rings (SSSR count). The van der Waals surface area contributed by atoms with Crippen LogP contribution in [0.1, 0.15) is 10.5 Å². The summed E-state index contributed by atoms with van der Waals surface area (Å²) in [6.07, 6.45) is 0. The van der Waals surface area contributed by atoms with E-state index in [0.29, 0.717) is 0 Å². The Hall–Kier alpha value is -1.92. The molecule has 6 nitrogen and oxygen atoms in total. The molecule has 0 bridgehead atoms. The summed E-state index contributed by atoms with van der Waals surface area (Å²) in [7, 11) is 0. The maximum atomic E-state index is 12.6. The van der Waals surface area contributed by atoms with Crippen LogP contribution >= 0.6 is 0 Å². The van der Waals surface area contributed by atoms with E-state index in [0.717, 1.165) is 0 Å². The summed E-state index contributed by atoms with van der Waals surface area (Å²) >= 11 is 0. The Labute approximate surface area is 64.9 Å². The molecule has 0 spiro atoms. The van der Waals surface area contributed by atoms with E-state index in [2.05, 4.69) is 9.97 Å². The van der Waals surface area contributed by atoms with Crippen LogP contribution < -0.4 is 0 Å². The first-order chi connectivity index (χ1) is 5.52. The molecule has 64 valence electrons. The van der Waals surface area contributed by atoms with Gasteiger partial charge in [0, 0.05) is 0 Å². The molecule has 12 heavy (non-hydrogen) atoms. The summed E-state index contributed by atoms with van der Waals surface area (Å²) in [5, 5.41) is 25.4. The number of hydrogen-bond acceptors (Lipinski definition) is 5. The third-order valence-electron chi connectivity index (χ3n) is 1.02. The van der Waals surface area contributed by atoms with Crippen LogP contribution in [0, 0.1) is 5.82 Å². The highest BCUT2D eigenvalue weighted by atomic mass is 19.1. The minimum Gasteiger partial charge on any atom is -0.491 e. The normalized spacial score (nSPS) is 9.75. The van der Waals surface area contributed by atoms with Gasteiger partial charge >= 0.3 is 12.0 Å². The molecule has 3 N–H and O–H groups in total. The SMILES string of the molecule is O=C(O)c1nc(O)nc(O)c1F. The van der Waals surface area contributed by atoms with Crippen molar-refractivity contribution in [3.05, 3.63) is 11.5 Å². The second-order valence-electron chi connectivity index (χ2n) is 1.81. The van der Waals surface area contributed by atoms with E-state index < -0.39 is 29.4 Å². The van der Waals surface area contributed by atoms with Gasteiger partial charge in [-0.05, 0) is 0 Å². The topological polar surface area (TPSA) is 104 Å². The fourth-order valence-electron chi connectivity index (χ4n) is 0.565. The number of carboxylic acids is 1. The van der Waals surface area contributed by atoms with Gasteiger partial charge in [-0.25, -0.2) is 4.79 Å². The van der Waals surface area contributed by atoms with Crippen molar-refractivity contribution in [2.24, 2.45) is 0 Å². The average Bonchev–Trinajstić information content (AvgIpc) is 1.96. The van der Waals surface area contributed by atoms with Crippen molar-refractivity contribution in [3.8, 4) is 11.9 Å². The number of carboxylic acid groups (broad SMARTS) is 1. The Kier molecular flexibility index (Phi) is 1.78. The fraction of sp³-hybridized carbons (Fsp3) is 0. The molecule has 1 aromatic rings. The molecular formula is C5H3FN2O4. The Balaban J connectivity index is 3.37. The predicted molar refractivity (Wildman–Crippen MR) is 32.3 cm³/mol. The lowest BCUT2D eigenvalue weighted by molar-refractivity contribution is 0.0681. The van der Waals surface area contributed by atoms with Crippen LogP contribution in [-0.4, -0.2) is 31.3 Å². The molecule has 1 aromatic heterocycles. The Morgan fingerprint density at radius 2 is 1.92 bits per heavy atom. The molecule has 0 radical (unpaired) electrons. The van der Waals surface area contributed by atoms with Crippen LogP contribution in [0.2, 0.25) is 0 Å². The number of carbonyl (C=O) groups is 1. The molecule has 7 heteroatoms. The van der Waals surface area contributed by atoms with Crippen molar-refractivity contribution in [2.45, 2.75) is 0 Å². The van der Waals surface area contributed by atoms with Crippen LogP contribution in [0.3, 0.4) is 0 Å². The van der Waals surface area contributed by atoms with E-state index >= 15 is 0 Å². The van der Waals surface area contributed by atoms with Crippen LogP contribution in [0.4, 0.5) is 4.39 Å². The average molecular weight is 174 g/mol. The van der Waals surface area contributed by atoms with Gasteiger partial charge < -0.3 is 15.3 Å². The van der Waals surface area contributed by atoms with Crippen molar-refractivity contribution in [3.63, 3.8) is 0 Å². The third kappa shape index (κ3) is 1.24. The lowest BCUT2D eigenvalue weighted by Crippen LogP contribution is -2.05. The van der Waals surface area contributed by atoms with E-state index in [4.69, 9.17) is 15.3 Å². The van der Waals surface area contributed by atoms with Gasteiger partial charge in [-0.3, -0.25) is 0 Å². The zero-order valence-electron chi connectivity index (χ0n) is 5.52. The highest BCUT2D eigenvalue weighted by Gasteiger charge is 2.18. The fourth-order valence-corrected chi connectivity index (χ4v) is 0.565. The summed E-state index contributed by atoms with van der Waals surface area (Å²) in [5.74, 6) is -4.36. The van der Waals surface area contributed by atoms with Gasteiger partial charge in [-0.15, -0.1) is 0 Å². The zero-order valence-corrected chi connectivity index (χ0v) is 5.52. The second-order valence-corrected chi connectivity index (χ2v) is 1.81. The Morgan fingerprint density at radius 1 is 1.33 bits per heavy atom. The van der Waals surface area contributed by atoms with E-state index in [1.165, 1.54) is 0 Å². The van der Waals surface area contributed by atoms with E-state index in [1.807, 2.05) is 0 Å². The minimum atomic E-state index is -1.69. The van der Waals surface area contributed by atoms with Gasteiger partial charge in [0.2, 0.25) is 5.82 Å². The molecule has 0 aliphatic carbocycles. The van der Waals surface area contributed by atoms with Gasteiger partial charge in [-0.2, -0.15) is 14.4 Å². The summed E-state index contributed by atoms with van der Waals surface area (Å²) in [6, 6.07) is -0.994. The van der Waals surface area contributed by atoms with Gasteiger partial charge in [0.25, 0.3) is 5.88 Å². The van der Waals surface area contributed by atoms with Crippen LogP contribution in [0.25, 0.3) is 0 Å². The standard InChI is InChI=1S/C5H3FN2O4/c6-1-2(4(10)11)7-5(12)8-3(1)9/h(H,10,11)(H2,7,8,9,12). The number of aromatic hydroxyl groups is 2. The quantitative estimate of drug-likeness (QED) is 0.541. The first-order valence-corrected chi connectivity index (χ1v) is 2.71. The maximum Gasteiger partial charge on any atom is 0.358 e. The van der Waals surface area contributed by atoms with Crippen molar-refractivity contribution >= 4 is 5.97 Å². The lowest BCUT2D eigenvalue weighted by atomic mass is 10.4. The van der Waals surface area contributed by atoms with Gasteiger partial charge in [-0.1, -0.05) is 0 Å². The van der Waals surface area contributed by atoms with E-state index in [9.17, 15) is 9.18 Å². The van der Waals surface area contributed by atoms with Crippen molar-refractivity contribution in [1.29, 1.82) is 0 Å². The minimum absolute atomic E-state index is 0.994. The first kappa shape index (κ1) is 8.18. The molecule has 0 aliphatic heterocycles. The number of halogens is 1. The smallest absolute Gasteiger partial charge is 0.358 e. The summed E-state index contributed by atoms with van der Waals surface area (Å²) in [6.45, 7) is 0. The van der Waals surface area contributed by atoms with E-state index in [1.54, 1.807) is 0 Å². The van der Waals surface area contributed by atoms with Crippen LogP contribution in [-0.2, 0) is 0 Å². The second kappa shape index (κ2) is 2.61. The summed E-state index contributed by atoms with van der Waals surface area (Å²) in [5.41, 5.74) is -1.07. The predicted octanol–water partition coefficient (Wildman–Crippen LogP) is -0.275. The number of aromatic carboxylic acids is 1. The first-order valence-electron chi connectivity index (χ1n) is 2.71. The molecule has 0 aromatic carbocycles. The molecular weight excluding hydrogens is 171 g/mol. The van der Waals surface area contributed by atoms with Gasteiger partial charge in [0.1, 0.15) is 0 Å². The molecule has 0 unspecified atom stereocenters. The molecule has 0 aliphatic rings. The lowest BCUT2D eigenvalue weighted by Gasteiger charge is -1.97. The van der Waals surface area contributed by atoms with Crippen LogP contribution in [0.5, 0.6) is 11.9 Å². The van der Waals surface area contributed by atoms with Gasteiger partial charge in [0.05, 0.1) is 0 Å². The Bertz CT molecular complexity index is 340. The largest absolute Gasteiger partial charge is 0.491 e. The maximum absolute atomic E-state index is 12.6. The molecule has 0 amide bonds. The Morgan fingerprint density at radius 3 is 2.42 bits per heavy atom. The molecule has 0 saturated carbocycles. The summed E-state index contributed by atoms with van der Waals surface area (Å²) < 4.78 is 12.6. The van der Waals surface area contributed by atoms with E-state index in [-0.39, 0.29) is 0 Å². The molecule has 0 fully saturated rings. The molecule has 1 heterocycles. The molecule has 0 saturated heterocycles. The van der Waals surface area contributed by atoms with Crippen molar-refractivity contribution in [1.82, 2.24) is 9.97 Å². The van der Waals surface area contributed by atoms with Crippen molar-refractivity contribution < 1.29 is 24.5 Å². The monoisotopic (exact) mass is 174 g/mol. The number of rotatable bonds is 1. The molecule has 0 atom stereocenters. The van der Waals surface area contributed by atoms with Crippen LogP contribution in [0.15, 0.2) is 0 Å². The highest BCUT2D eigenvalue weighted by molar-refractivity contribution is 5.86. The highest BCUT2D eigenvalue weighted by Crippen LogP contribution is 2.17. The number of nitrogens with zero attached hydrogens (tertiary/aromatic N) is 2.